The van der Waals surface area contributed by atoms with Crippen LogP contribution in [0.2, 0.25) is 0 Å². The zero-order valence-corrected chi connectivity index (χ0v) is 15.8. The van der Waals surface area contributed by atoms with Crippen molar-refractivity contribution in [3.63, 3.8) is 0 Å². The molecule has 4 rings (SSSR count). The molecule has 1 saturated carbocycles. The van der Waals surface area contributed by atoms with Crippen molar-refractivity contribution >= 4 is 17.7 Å². The summed E-state index contributed by atoms with van der Waals surface area (Å²) >= 11 is 1.26. The molecule has 0 atom stereocenters. The van der Waals surface area contributed by atoms with Crippen LogP contribution in [0.3, 0.4) is 0 Å². The number of carbonyl (C=O) groups excluding carboxylic acids is 1. The fraction of sp³-hybridized carbons (Fsp3) is 0.381. The SMILES string of the molecule is O=C(CSc1ccccc1F)N(Cc1ccc2c(c1)OCO2)C1CCCC1. The number of benzene rings is 2. The molecule has 1 aliphatic heterocycles. The molecule has 27 heavy (non-hydrogen) atoms. The predicted octanol–water partition coefficient (Wildman–Crippen LogP) is 4.62. The molecule has 0 aromatic heterocycles. The van der Waals surface area contributed by atoms with Gasteiger partial charge in [0.2, 0.25) is 12.7 Å². The van der Waals surface area contributed by atoms with E-state index in [1.54, 1.807) is 18.2 Å². The van der Waals surface area contributed by atoms with Gasteiger partial charge in [-0.15, -0.1) is 11.8 Å². The molecule has 4 nitrogen and oxygen atoms in total. The summed E-state index contributed by atoms with van der Waals surface area (Å²) in [5.74, 6) is 1.48. The van der Waals surface area contributed by atoms with Gasteiger partial charge in [-0.1, -0.05) is 31.0 Å². The lowest BCUT2D eigenvalue weighted by molar-refractivity contribution is -0.131. The monoisotopic (exact) mass is 387 g/mol. The molecular weight excluding hydrogens is 365 g/mol. The maximum absolute atomic E-state index is 13.8. The molecule has 0 bridgehead atoms. The Hall–Kier alpha value is -2.21. The second-order valence-electron chi connectivity index (χ2n) is 6.87. The van der Waals surface area contributed by atoms with Crippen molar-refractivity contribution < 1.29 is 18.7 Å². The molecule has 6 heteroatoms. The molecule has 1 amide bonds. The minimum Gasteiger partial charge on any atom is -0.454 e. The molecule has 0 radical (unpaired) electrons. The largest absolute Gasteiger partial charge is 0.454 e. The van der Waals surface area contributed by atoms with E-state index < -0.39 is 0 Å². The van der Waals surface area contributed by atoms with Crippen molar-refractivity contribution in [3.8, 4) is 11.5 Å². The van der Waals surface area contributed by atoms with E-state index in [4.69, 9.17) is 9.47 Å². The minimum atomic E-state index is -0.279. The Morgan fingerprint density at radius 1 is 1.11 bits per heavy atom. The highest BCUT2D eigenvalue weighted by molar-refractivity contribution is 8.00. The first kappa shape index (κ1) is 18.2. The number of ether oxygens (including phenoxy) is 2. The maximum atomic E-state index is 13.8. The van der Waals surface area contributed by atoms with E-state index in [1.165, 1.54) is 17.8 Å². The van der Waals surface area contributed by atoms with Crippen molar-refractivity contribution in [2.75, 3.05) is 12.5 Å². The molecule has 0 spiro atoms. The van der Waals surface area contributed by atoms with E-state index in [9.17, 15) is 9.18 Å². The Kier molecular flexibility index (Phi) is 5.53. The van der Waals surface area contributed by atoms with Gasteiger partial charge in [0.05, 0.1) is 5.75 Å². The summed E-state index contributed by atoms with van der Waals surface area (Å²) in [6.45, 7) is 0.779. The molecule has 2 aliphatic rings. The standard InChI is InChI=1S/C21H22FNO3S/c22-17-7-3-4-8-20(17)27-13-21(24)23(16-5-1-2-6-16)12-15-9-10-18-19(11-15)26-14-25-18/h3-4,7-11,16H,1-2,5-6,12-14H2. The number of nitrogens with zero attached hydrogens (tertiary/aromatic N) is 1. The number of carbonyl (C=O) groups is 1. The first-order chi connectivity index (χ1) is 13.2. The van der Waals surface area contributed by atoms with Crippen LogP contribution in [0.1, 0.15) is 31.2 Å². The topological polar surface area (TPSA) is 38.8 Å². The Labute approximate surface area is 162 Å². The second kappa shape index (κ2) is 8.21. The molecule has 142 valence electrons. The molecule has 0 saturated heterocycles. The molecule has 2 aromatic rings. The number of rotatable bonds is 6. The Morgan fingerprint density at radius 2 is 1.89 bits per heavy atom. The van der Waals surface area contributed by atoms with E-state index in [1.807, 2.05) is 23.1 Å². The number of halogens is 1. The van der Waals surface area contributed by atoms with Gasteiger partial charge in [-0.25, -0.2) is 4.39 Å². The summed E-state index contributed by atoms with van der Waals surface area (Å²) in [6, 6.07) is 12.7. The number of amides is 1. The lowest BCUT2D eigenvalue weighted by Gasteiger charge is -2.29. The van der Waals surface area contributed by atoms with Gasteiger partial charge < -0.3 is 14.4 Å². The van der Waals surface area contributed by atoms with Crippen LogP contribution in [0.15, 0.2) is 47.4 Å². The molecular formula is C21H22FNO3S. The smallest absolute Gasteiger partial charge is 0.233 e. The fourth-order valence-electron chi connectivity index (χ4n) is 3.66. The molecule has 1 fully saturated rings. The highest BCUT2D eigenvalue weighted by Gasteiger charge is 2.27. The summed E-state index contributed by atoms with van der Waals surface area (Å²) in [7, 11) is 0. The summed E-state index contributed by atoms with van der Waals surface area (Å²) in [5.41, 5.74) is 1.02. The summed E-state index contributed by atoms with van der Waals surface area (Å²) in [4.78, 5) is 15.5. The van der Waals surface area contributed by atoms with Gasteiger partial charge >= 0.3 is 0 Å². The third kappa shape index (κ3) is 4.21. The van der Waals surface area contributed by atoms with Gasteiger partial charge in [0.15, 0.2) is 11.5 Å². The number of fused-ring (bicyclic) bond motifs is 1. The maximum Gasteiger partial charge on any atom is 0.233 e. The third-order valence-electron chi connectivity index (χ3n) is 5.06. The van der Waals surface area contributed by atoms with Crippen LogP contribution in [-0.4, -0.2) is 29.4 Å². The quantitative estimate of drug-likeness (QED) is 0.678. The average molecular weight is 387 g/mol. The minimum absolute atomic E-state index is 0.0489. The van der Waals surface area contributed by atoms with Crippen molar-refractivity contribution in [1.82, 2.24) is 4.90 Å². The first-order valence-corrected chi connectivity index (χ1v) is 10.2. The first-order valence-electron chi connectivity index (χ1n) is 9.26. The molecule has 2 aromatic carbocycles. The predicted molar refractivity (Wildman–Crippen MR) is 102 cm³/mol. The number of thioether (sulfide) groups is 1. The summed E-state index contributed by atoms with van der Waals surface area (Å²) < 4.78 is 24.7. The lowest BCUT2D eigenvalue weighted by atomic mass is 10.1. The van der Waals surface area contributed by atoms with E-state index in [-0.39, 0.29) is 30.3 Å². The van der Waals surface area contributed by atoms with Crippen LogP contribution in [-0.2, 0) is 11.3 Å². The van der Waals surface area contributed by atoms with Crippen molar-refractivity contribution in [2.45, 2.75) is 43.2 Å². The number of hydrogen-bond donors (Lipinski definition) is 0. The van der Waals surface area contributed by atoms with Crippen LogP contribution in [0.5, 0.6) is 11.5 Å². The van der Waals surface area contributed by atoms with Crippen LogP contribution < -0.4 is 9.47 Å². The second-order valence-corrected chi connectivity index (χ2v) is 7.88. The van der Waals surface area contributed by atoms with Gasteiger partial charge in [-0.3, -0.25) is 4.79 Å². The van der Waals surface area contributed by atoms with Gasteiger partial charge in [-0.2, -0.15) is 0 Å². The zero-order valence-electron chi connectivity index (χ0n) is 15.0. The Bertz CT molecular complexity index is 823. The Morgan fingerprint density at radius 3 is 2.70 bits per heavy atom. The van der Waals surface area contributed by atoms with Crippen LogP contribution >= 0.6 is 11.8 Å². The van der Waals surface area contributed by atoms with Crippen LogP contribution in [0.25, 0.3) is 0 Å². The van der Waals surface area contributed by atoms with E-state index in [0.717, 1.165) is 42.7 Å². The van der Waals surface area contributed by atoms with Crippen LogP contribution in [0, 0.1) is 5.82 Å². The van der Waals surface area contributed by atoms with Crippen molar-refractivity contribution in [2.24, 2.45) is 0 Å². The zero-order chi connectivity index (χ0) is 18.6. The van der Waals surface area contributed by atoms with Crippen molar-refractivity contribution in [1.29, 1.82) is 0 Å². The third-order valence-corrected chi connectivity index (χ3v) is 6.10. The lowest BCUT2D eigenvalue weighted by Crippen LogP contribution is -2.39. The van der Waals surface area contributed by atoms with E-state index in [2.05, 4.69) is 0 Å². The fourth-order valence-corrected chi connectivity index (χ4v) is 4.48. The highest BCUT2D eigenvalue weighted by atomic mass is 32.2. The highest BCUT2D eigenvalue weighted by Crippen LogP contribution is 2.34. The molecule has 1 heterocycles. The van der Waals surface area contributed by atoms with Crippen LogP contribution in [0.4, 0.5) is 4.39 Å². The van der Waals surface area contributed by atoms with Gasteiger partial charge in [-0.05, 0) is 42.7 Å². The average Bonchev–Trinajstić information content (AvgIpc) is 3.36. The van der Waals surface area contributed by atoms with E-state index in [0.29, 0.717) is 11.4 Å². The molecule has 0 unspecified atom stereocenters. The Balaban J connectivity index is 1.47. The van der Waals surface area contributed by atoms with Gasteiger partial charge in [0, 0.05) is 17.5 Å². The summed E-state index contributed by atoms with van der Waals surface area (Å²) in [5, 5.41) is 0. The number of hydrogen-bond acceptors (Lipinski definition) is 4. The van der Waals surface area contributed by atoms with Crippen molar-refractivity contribution in [3.05, 3.63) is 53.8 Å². The molecule has 1 aliphatic carbocycles. The molecule has 0 N–H and O–H groups in total. The summed E-state index contributed by atoms with van der Waals surface area (Å²) in [6.07, 6.45) is 4.35. The van der Waals surface area contributed by atoms with Gasteiger partial charge in [0.25, 0.3) is 0 Å². The van der Waals surface area contributed by atoms with E-state index >= 15 is 0 Å². The normalized spacial score (nSPS) is 15.9. The van der Waals surface area contributed by atoms with Gasteiger partial charge in [0.1, 0.15) is 5.82 Å².